The first kappa shape index (κ1) is 14.0. The maximum atomic E-state index is 6.33. The Morgan fingerprint density at radius 3 is 2.72 bits per heavy atom. The molecule has 0 aliphatic carbocycles. The van der Waals surface area contributed by atoms with Crippen LogP contribution in [0.15, 0.2) is 34.2 Å². The summed E-state index contributed by atoms with van der Waals surface area (Å²) in [6.07, 6.45) is 1.82. The maximum absolute atomic E-state index is 6.33. The standard InChI is InChI=1S/C13H14BrClN2S/c1-8(2)17-12(13-16-5-6-18-13)10-4-3-9(14)7-11(10)15/h3-8,12,17H,1-2H3. The second kappa shape index (κ2) is 6.15. The average Bonchev–Trinajstić information content (AvgIpc) is 2.79. The first-order chi connectivity index (χ1) is 8.58. The Morgan fingerprint density at radius 2 is 2.17 bits per heavy atom. The fourth-order valence-corrected chi connectivity index (χ4v) is 3.24. The third kappa shape index (κ3) is 3.32. The molecule has 0 aliphatic rings. The number of nitrogens with one attached hydrogen (secondary N) is 1. The van der Waals surface area contributed by atoms with Gasteiger partial charge in [-0.3, -0.25) is 0 Å². The lowest BCUT2D eigenvalue weighted by Gasteiger charge is -2.21. The molecule has 0 saturated carbocycles. The van der Waals surface area contributed by atoms with Gasteiger partial charge in [-0.05, 0) is 31.5 Å². The number of nitrogens with zero attached hydrogens (tertiary/aromatic N) is 1. The fourth-order valence-electron chi connectivity index (χ4n) is 1.74. The zero-order valence-electron chi connectivity index (χ0n) is 10.2. The predicted octanol–water partition coefficient (Wildman–Crippen LogP) is 4.65. The van der Waals surface area contributed by atoms with Crippen LogP contribution in [0.3, 0.4) is 0 Å². The molecule has 0 saturated heterocycles. The molecule has 2 rings (SSSR count). The highest BCUT2D eigenvalue weighted by atomic mass is 79.9. The van der Waals surface area contributed by atoms with Gasteiger partial charge >= 0.3 is 0 Å². The SMILES string of the molecule is CC(C)NC(c1nccs1)c1ccc(Br)cc1Cl. The second-order valence-corrected chi connectivity index (χ2v) is 6.54. The van der Waals surface area contributed by atoms with Crippen LogP contribution in [0.2, 0.25) is 5.02 Å². The quantitative estimate of drug-likeness (QED) is 0.872. The molecule has 1 heterocycles. The molecular formula is C13H14BrClN2S. The van der Waals surface area contributed by atoms with Crippen molar-refractivity contribution in [3.8, 4) is 0 Å². The summed E-state index contributed by atoms with van der Waals surface area (Å²) in [5, 5.41) is 7.27. The number of hydrogen-bond acceptors (Lipinski definition) is 3. The van der Waals surface area contributed by atoms with E-state index in [1.54, 1.807) is 11.3 Å². The summed E-state index contributed by atoms with van der Waals surface area (Å²) in [7, 11) is 0. The smallest absolute Gasteiger partial charge is 0.114 e. The van der Waals surface area contributed by atoms with Crippen LogP contribution in [-0.4, -0.2) is 11.0 Å². The van der Waals surface area contributed by atoms with Gasteiger partial charge in [-0.15, -0.1) is 11.3 Å². The number of aromatic nitrogens is 1. The Bertz CT molecular complexity index is 514. The highest BCUT2D eigenvalue weighted by molar-refractivity contribution is 9.10. The Hall–Kier alpha value is -0.420. The van der Waals surface area contributed by atoms with Gasteiger partial charge in [0.2, 0.25) is 0 Å². The van der Waals surface area contributed by atoms with Gasteiger partial charge < -0.3 is 5.32 Å². The van der Waals surface area contributed by atoms with Gasteiger partial charge in [0, 0.05) is 27.1 Å². The highest BCUT2D eigenvalue weighted by Gasteiger charge is 2.20. The van der Waals surface area contributed by atoms with Crippen molar-refractivity contribution in [1.82, 2.24) is 10.3 Å². The fraction of sp³-hybridized carbons (Fsp3) is 0.308. The molecule has 1 N–H and O–H groups in total. The monoisotopic (exact) mass is 344 g/mol. The number of benzene rings is 1. The average molecular weight is 346 g/mol. The Labute approximate surface area is 125 Å². The highest BCUT2D eigenvalue weighted by Crippen LogP contribution is 2.31. The Balaban J connectivity index is 2.40. The van der Waals surface area contributed by atoms with E-state index in [2.05, 4.69) is 40.1 Å². The summed E-state index contributed by atoms with van der Waals surface area (Å²) < 4.78 is 0.985. The zero-order chi connectivity index (χ0) is 13.1. The van der Waals surface area contributed by atoms with E-state index in [0.29, 0.717) is 6.04 Å². The predicted molar refractivity (Wildman–Crippen MR) is 81.4 cm³/mol. The first-order valence-electron chi connectivity index (χ1n) is 5.68. The van der Waals surface area contributed by atoms with E-state index < -0.39 is 0 Å². The molecule has 1 aromatic carbocycles. The number of halogens is 2. The lowest BCUT2D eigenvalue weighted by molar-refractivity contribution is 0.527. The van der Waals surface area contributed by atoms with Gasteiger partial charge in [0.05, 0.1) is 6.04 Å². The third-order valence-electron chi connectivity index (χ3n) is 2.47. The molecule has 0 amide bonds. The minimum atomic E-state index is 0.0469. The minimum absolute atomic E-state index is 0.0469. The van der Waals surface area contributed by atoms with Crippen LogP contribution in [0.1, 0.15) is 30.5 Å². The van der Waals surface area contributed by atoms with Crippen molar-refractivity contribution in [1.29, 1.82) is 0 Å². The maximum Gasteiger partial charge on any atom is 0.114 e. The number of rotatable bonds is 4. The van der Waals surface area contributed by atoms with E-state index in [1.165, 1.54) is 0 Å². The third-order valence-corrected chi connectivity index (χ3v) is 4.13. The van der Waals surface area contributed by atoms with E-state index in [9.17, 15) is 0 Å². The van der Waals surface area contributed by atoms with Crippen molar-refractivity contribution in [2.45, 2.75) is 25.9 Å². The summed E-state index contributed by atoms with van der Waals surface area (Å²) in [5.74, 6) is 0. The van der Waals surface area contributed by atoms with Gasteiger partial charge in [0.1, 0.15) is 5.01 Å². The molecule has 1 unspecified atom stereocenters. The Morgan fingerprint density at radius 1 is 1.39 bits per heavy atom. The van der Waals surface area contributed by atoms with Crippen molar-refractivity contribution in [2.75, 3.05) is 0 Å². The Kier molecular flexibility index (Phi) is 4.78. The topological polar surface area (TPSA) is 24.9 Å². The second-order valence-electron chi connectivity index (χ2n) is 4.29. The minimum Gasteiger partial charge on any atom is -0.302 e. The molecule has 0 aliphatic heterocycles. The van der Waals surface area contributed by atoms with Gasteiger partial charge in [-0.2, -0.15) is 0 Å². The molecule has 0 bridgehead atoms. The van der Waals surface area contributed by atoms with Crippen molar-refractivity contribution in [3.63, 3.8) is 0 Å². The zero-order valence-corrected chi connectivity index (χ0v) is 13.3. The van der Waals surface area contributed by atoms with E-state index in [0.717, 1.165) is 20.1 Å². The molecule has 5 heteroatoms. The molecule has 0 radical (unpaired) electrons. The molecule has 18 heavy (non-hydrogen) atoms. The van der Waals surface area contributed by atoms with Crippen molar-refractivity contribution >= 4 is 38.9 Å². The lowest BCUT2D eigenvalue weighted by atomic mass is 10.1. The van der Waals surface area contributed by atoms with E-state index in [1.807, 2.05) is 29.8 Å². The van der Waals surface area contributed by atoms with Crippen LogP contribution in [0, 0.1) is 0 Å². The van der Waals surface area contributed by atoms with Crippen LogP contribution in [-0.2, 0) is 0 Å². The molecule has 0 spiro atoms. The molecule has 1 aromatic heterocycles. The van der Waals surface area contributed by atoms with Crippen molar-refractivity contribution < 1.29 is 0 Å². The van der Waals surface area contributed by atoms with Crippen LogP contribution >= 0.6 is 38.9 Å². The largest absolute Gasteiger partial charge is 0.302 e. The van der Waals surface area contributed by atoms with Crippen LogP contribution in [0.4, 0.5) is 0 Å². The van der Waals surface area contributed by atoms with Crippen LogP contribution in [0.5, 0.6) is 0 Å². The lowest BCUT2D eigenvalue weighted by Crippen LogP contribution is -2.29. The number of thiazole rings is 1. The summed E-state index contributed by atoms with van der Waals surface area (Å²) >= 11 is 11.4. The summed E-state index contributed by atoms with van der Waals surface area (Å²) in [6.45, 7) is 4.24. The van der Waals surface area contributed by atoms with Gasteiger partial charge in [-0.1, -0.05) is 33.6 Å². The van der Waals surface area contributed by atoms with Crippen LogP contribution < -0.4 is 5.32 Å². The summed E-state index contributed by atoms with van der Waals surface area (Å²) in [6, 6.07) is 6.36. The normalized spacial score (nSPS) is 12.9. The van der Waals surface area contributed by atoms with E-state index in [-0.39, 0.29) is 6.04 Å². The van der Waals surface area contributed by atoms with Gasteiger partial charge in [0.25, 0.3) is 0 Å². The van der Waals surface area contributed by atoms with Crippen molar-refractivity contribution in [2.24, 2.45) is 0 Å². The van der Waals surface area contributed by atoms with Crippen LogP contribution in [0.25, 0.3) is 0 Å². The molecule has 2 nitrogen and oxygen atoms in total. The van der Waals surface area contributed by atoms with E-state index in [4.69, 9.17) is 11.6 Å². The summed E-state index contributed by atoms with van der Waals surface area (Å²) in [5.41, 5.74) is 1.06. The molecule has 1 atom stereocenters. The van der Waals surface area contributed by atoms with Crippen molar-refractivity contribution in [3.05, 3.63) is 49.8 Å². The summed E-state index contributed by atoms with van der Waals surface area (Å²) in [4.78, 5) is 4.40. The van der Waals surface area contributed by atoms with Gasteiger partial charge in [-0.25, -0.2) is 4.98 Å². The molecule has 96 valence electrons. The molecular weight excluding hydrogens is 332 g/mol. The van der Waals surface area contributed by atoms with Gasteiger partial charge in [0.15, 0.2) is 0 Å². The number of hydrogen-bond donors (Lipinski definition) is 1. The molecule has 0 fully saturated rings. The van der Waals surface area contributed by atoms with E-state index >= 15 is 0 Å². The molecule has 2 aromatic rings. The first-order valence-corrected chi connectivity index (χ1v) is 7.73.